The average molecular weight is 408 g/mol. The molecular formula is C24H25FN2O3. The normalized spacial score (nSPS) is 15.7. The summed E-state index contributed by atoms with van der Waals surface area (Å²) in [4.78, 5) is 23.8. The van der Waals surface area contributed by atoms with Crippen LogP contribution in [0.2, 0.25) is 0 Å². The Labute approximate surface area is 174 Å². The summed E-state index contributed by atoms with van der Waals surface area (Å²) in [6.45, 7) is 1.89. The summed E-state index contributed by atoms with van der Waals surface area (Å²) in [6.07, 6.45) is 3.08. The number of nitrogens with zero attached hydrogens (tertiary/aromatic N) is 1. The van der Waals surface area contributed by atoms with Crippen molar-refractivity contribution in [3.8, 4) is 0 Å². The van der Waals surface area contributed by atoms with E-state index >= 15 is 0 Å². The quantitative estimate of drug-likeness (QED) is 0.652. The van der Waals surface area contributed by atoms with Gasteiger partial charge in [-0.25, -0.2) is 4.39 Å². The molecule has 0 radical (unpaired) electrons. The van der Waals surface area contributed by atoms with Gasteiger partial charge in [0.2, 0.25) is 5.91 Å². The van der Waals surface area contributed by atoms with Gasteiger partial charge in [-0.05, 0) is 61.9 Å². The molecule has 1 aliphatic rings. The number of hydrogen-bond acceptors (Lipinski definition) is 2. The lowest BCUT2D eigenvalue weighted by Crippen LogP contribution is -2.39. The number of nitrogens with one attached hydrogen (secondary N) is 1. The van der Waals surface area contributed by atoms with Crippen molar-refractivity contribution in [1.29, 1.82) is 0 Å². The zero-order valence-corrected chi connectivity index (χ0v) is 17.0. The number of halogens is 1. The van der Waals surface area contributed by atoms with Crippen molar-refractivity contribution in [2.24, 2.45) is 0 Å². The van der Waals surface area contributed by atoms with Gasteiger partial charge in [0.1, 0.15) is 12.4 Å². The smallest absolute Gasteiger partial charge is 0.323 e. The third kappa shape index (κ3) is 4.22. The fraction of sp³-hybridized carbons (Fsp3) is 0.333. The van der Waals surface area contributed by atoms with Crippen molar-refractivity contribution in [3.05, 3.63) is 70.7 Å². The molecule has 3 aromatic rings. The van der Waals surface area contributed by atoms with E-state index in [2.05, 4.69) is 11.4 Å². The van der Waals surface area contributed by atoms with Crippen LogP contribution in [0.4, 0.5) is 4.39 Å². The number of carboxylic acid groups (broad SMARTS) is 1. The van der Waals surface area contributed by atoms with Gasteiger partial charge in [-0.1, -0.05) is 29.8 Å². The van der Waals surface area contributed by atoms with Gasteiger partial charge in [-0.3, -0.25) is 9.59 Å². The van der Waals surface area contributed by atoms with Gasteiger partial charge in [0.05, 0.1) is 0 Å². The van der Waals surface area contributed by atoms with Crippen LogP contribution in [0.1, 0.15) is 35.2 Å². The number of aryl methyl sites for hydroxylation is 2. The Balaban J connectivity index is 1.49. The van der Waals surface area contributed by atoms with Crippen molar-refractivity contribution in [2.75, 3.05) is 0 Å². The van der Waals surface area contributed by atoms with Crippen molar-refractivity contribution in [2.45, 2.75) is 51.6 Å². The third-order valence-electron chi connectivity index (χ3n) is 5.81. The lowest BCUT2D eigenvalue weighted by atomic mass is 9.91. The summed E-state index contributed by atoms with van der Waals surface area (Å²) in [6, 6.07) is 12.6. The molecule has 1 aromatic heterocycles. The van der Waals surface area contributed by atoms with Crippen LogP contribution < -0.4 is 5.32 Å². The number of benzene rings is 2. The fourth-order valence-corrected chi connectivity index (χ4v) is 4.49. The van der Waals surface area contributed by atoms with Gasteiger partial charge < -0.3 is 15.0 Å². The van der Waals surface area contributed by atoms with Gasteiger partial charge in [-0.2, -0.15) is 0 Å². The SMILES string of the molecule is Cc1cccc(CCC(=O)N[C@H]2CCc3c(c4cc(F)ccc4n3CC(=O)O)C2)c1. The summed E-state index contributed by atoms with van der Waals surface area (Å²) >= 11 is 0. The Kier molecular flexibility index (Phi) is 5.57. The molecule has 0 bridgehead atoms. The first-order valence-corrected chi connectivity index (χ1v) is 10.3. The first-order chi connectivity index (χ1) is 14.4. The highest BCUT2D eigenvalue weighted by atomic mass is 19.1. The number of carbonyl (C=O) groups is 2. The molecule has 1 atom stereocenters. The third-order valence-corrected chi connectivity index (χ3v) is 5.81. The zero-order chi connectivity index (χ0) is 21.3. The molecule has 0 spiro atoms. The summed E-state index contributed by atoms with van der Waals surface area (Å²) in [5.74, 6) is -1.27. The molecule has 0 saturated carbocycles. The Morgan fingerprint density at radius 1 is 1.23 bits per heavy atom. The van der Waals surface area contributed by atoms with E-state index in [4.69, 9.17) is 0 Å². The van der Waals surface area contributed by atoms with Gasteiger partial charge >= 0.3 is 5.97 Å². The first kappa shape index (κ1) is 20.1. The number of aliphatic carboxylic acids is 1. The summed E-state index contributed by atoms with van der Waals surface area (Å²) < 4.78 is 15.6. The molecule has 2 N–H and O–H groups in total. The fourth-order valence-electron chi connectivity index (χ4n) is 4.49. The molecule has 1 heterocycles. The molecule has 6 heteroatoms. The molecule has 0 aliphatic heterocycles. The highest BCUT2D eigenvalue weighted by molar-refractivity contribution is 5.87. The van der Waals surface area contributed by atoms with Crippen LogP contribution in [0.5, 0.6) is 0 Å². The molecule has 5 nitrogen and oxygen atoms in total. The van der Waals surface area contributed by atoms with Gasteiger partial charge in [-0.15, -0.1) is 0 Å². The van der Waals surface area contributed by atoms with Crippen LogP contribution in [0.15, 0.2) is 42.5 Å². The predicted octanol–water partition coefficient (Wildman–Crippen LogP) is 3.78. The molecule has 0 unspecified atom stereocenters. The number of carbonyl (C=O) groups excluding carboxylic acids is 1. The zero-order valence-electron chi connectivity index (χ0n) is 17.0. The highest BCUT2D eigenvalue weighted by Crippen LogP contribution is 2.33. The lowest BCUT2D eigenvalue weighted by molar-refractivity contribution is -0.137. The molecule has 2 aromatic carbocycles. The molecule has 1 amide bonds. The Bertz CT molecular complexity index is 1120. The second kappa shape index (κ2) is 8.30. The topological polar surface area (TPSA) is 71.3 Å². The molecule has 4 rings (SSSR count). The first-order valence-electron chi connectivity index (χ1n) is 10.3. The van der Waals surface area contributed by atoms with E-state index < -0.39 is 5.97 Å². The van der Waals surface area contributed by atoms with Gasteiger partial charge in [0, 0.05) is 29.1 Å². The van der Waals surface area contributed by atoms with Crippen LogP contribution in [0, 0.1) is 12.7 Å². The summed E-state index contributed by atoms with van der Waals surface area (Å²) in [5.41, 5.74) is 4.93. The maximum Gasteiger partial charge on any atom is 0.323 e. The molecule has 156 valence electrons. The van der Waals surface area contributed by atoms with Crippen LogP contribution in [0.3, 0.4) is 0 Å². The van der Waals surface area contributed by atoms with E-state index in [0.717, 1.165) is 34.1 Å². The number of aromatic nitrogens is 1. The average Bonchev–Trinajstić information content (AvgIpc) is 2.98. The second-order valence-corrected chi connectivity index (χ2v) is 8.06. The van der Waals surface area contributed by atoms with Crippen molar-refractivity contribution >= 4 is 22.8 Å². The van der Waals surface area contributed by atoms with E-state index in [1.807, 2.05) is 25.1 Å². The van der Waals surface area contributed by atoms with Gasteiger partial charge in [0.25, 0.3) is 0 Å². The molecular weight excluding hydrogens is 383 g/mol. The van der Waals surface area contributed by atoms with E-state index in [1.165, 1.54) is 17.7 Å². The highest BCUT2D eigenvalue weighted by Gasteiger charge is 2.27. The number of rotatable bonds is 6. The molecule has 0 saturated heterocycles. The minimum Gasteiger partial charge on any atom is -0.480 e. The number of hydrogen-bond donors (Lipinski definition) is 2. The van der Waals surface area contributed by atoms with E-state index in [1.54, 1.807) is 10.6 Å². The summed E-state index contributed by atoms with van der Waals surface area (Å²) in [5, 5.41) is 13.1. The lowest BCUT2D eigenvalue weighted by Gasteiger charge is -2.25. The van der Waals surface area contributed by atoms with E-state index in [9.17, 15) is 19.1 Å². The van der Waals surface area contributed by atoms with Crippen LogP contribution in [0.25, 0.3) is 10.9 Å². The van der Waals surface area contributed by atoms with Crippen molar-refractivity contribution in [3.63, 3.8) is 0 Å². The van der Waals surface area contributed by atoms with E-state index in [-0.39, 0.29) is 24.3 Å². The Hall–Kier alpha value is -3.15. The number of amides is 1. The maximum atomic E-state index is 13.9. The summed E-state index contributed by atoms with van der Waals surface area (Å²) in [7, 11) is 0. The van der Waals surface area contributed by atoms with Gasteiger partial charge in [0.15, 0.2) is 0 Å². The molecule has 1 aliphatic carbocycles. The minimum atomic E-state index is -0.925. The predicted molar refractivity (Wildman–Crippen MR) is 113 cm³/mol. The largest absolute Gasteiger partial charge is 0.480 e. The molecule has 30 heavy (non-hydrogen) atoms. The van der Waals surface area contributed by atoms with Crippen molar-refractivity contribution in [1.82, 2.24) is 9.88 Å². The van der Waals surface area contributed by atoms with Crippen LogP contribution in [-0.4, -0.2) is 27.6 Å². The number of carboxylic acids is 1. The van der Waals surface area contributed by atoms with Crippen LogP contribution >= 0.6 is 0 Å². The van der Waals surface area contributed by atoms with E-state index in [0.29, 0.717) is 25.7 Å². The van der Waals surface area contributed by atoms with Crippen molar-refractivity contribution < 1.29 is 19.1 Å². The molecule has 0 fully saturated rings. The van der Waals surface area contributed by atoms with Crippen LogP contribution in [-0.2, 0) is 35.4 Å². The Morgan fingerprint density at radius 2 is 2.07 bits per heavy atom. The maximum absolute atomic E-state index is 13.9. The standard InChI is InChI=1S/C24H25FN2O3/c1-15-3-2-4-16(11-15)5-10-23(28)26-18-7-9-22-20(13-18)19-12-17(25)6-8-21(19)27(22)14-24(29)30/h2-4,6,8,11-12,18H,5,7,9-10,13-14H2,1H3,(H,26,28)(H,29,30)/t18-/m0/s1. The number of fused-ring (bicyclic) bond motifs is 3. The minimum absolute atomic E-state index is 0.00501. The second-order valence-electron chi connectivity index (χ2n) is 8.06. The Morgan fingerprint density at radius 3 is 2.83 bits per heavy atom. The monoisotopic (exact) mass is 408 g/mol.